The summed E-state index contributed by atoms with van der Waals surface area (Å²) < 4.78 is 18.1. The second-order valence-corrected chi connectivity index (χ2v) is 9.05. The predicted octanol–water partition coefficient (Wildman–Crippen LogP) is 3.24. The Morgan fingerprint density at radius 1 is 1.18 bits per heavy atom. The summed E-state index contributed by atoms with van der Waals surface area (Å²) in [6.07, 6.45) is 3.54. The highest BCUT2D eigenvalue weighted by Crippen LogP contribution is 2.28. The van der Waals surface area contributed by atoms with E-state index in [0.717, 1.165) is 37.0 Å². The number of H-pyrrole nitrogens is 1. The van der Waals surface area contributed by atoms with Crippen LogP contribution in [0.1, 0.15) is 44.3 Å². The van der Waals surface area contributed by atoms with Crippen LogP contribution in [0.15, 0.2) is 55.0 Å². The molecule has 2 aromatic heterocycles. The number of aromatic amines is 1. The van der Waals surface area contributed by atoms with Gasteiger partial charge in [0.1, 0.15) is 29.0 Å². The Hall–Kier alpha value is -4.55. The molecule has 1 fully saturated rings. The molecule has 208 valence electrons. The zero-order valence-electron chi connectivity index (χ0n) is 21.1. The second-order valence-electron chi connectivity index (χ2n) is 9.05. The van der Waals surface area contributed by atoms with E-state index in [-0.39, 0.29) is 59.6 Å². The van der Waals surface area contributed by atoms with Crippen LogP contribution in [0.2, 0.25) is 0 Å². The fourth-order valence-electron chi connectivity index (χ4n) is 4.48. The molecule has 0 aliphatic carbocycles. The van der Waals surface area contributed by atoms with Crippen LogP contribution in [-0.2, 0) is 11.3 Å². The summed E-state index contributed by atoms with van der Waals surface area (Å²) in [6, 6.07) is 12.1. The number of carbonyl (C=O) groups excluding carboxylic acids is 2. The number of rotatable bonds is 5. The fraction of sp³-hybridized carbons (Fsp3) is 0.222. The lowest BCUT2D eigenvalue weighted by Crippen LogP contribution is -2.26. The van der Waals surface area contributed by atoms with Crippen LogP contribution in [0.3, 0.4) is 0 Å². The molecular weight excluding hydrogens is 543 g/mol. The maximum atomic E-state index is 12.8. The van der Waals surface area contributed by atoms with Gasteiger partial charge in [-0.15, -0.1) is 12.4 Å². The summed E-state index contributed by atoms with van der Waals surface area (Å²) in [5.74, 6) is -0.924. The molecule has 1 atom stereocenters. The van der Waals surface area contributed by atoms with Gasteiger partial charge in [0.2, 0.25) is 0 Å². The molecule has 1 saturated heterocycles. The van der Waals surface area contributed by atoms with Crippen LogP contribution in [-0.4, -0.2) is 57.5 Å². The molecule has 4 heterocycles. The number of hydrogen-bond acceptors (Lipinski definition) is 7. The highest BCUT2D eigenvalue weighted by Gasteiger charge is 2.20. The number of halogens is 2. The summed E-state index contributed by atoms with van der Waals surface area (Å²) in [7, 11) is 0. The van der Waals surface area contributed by atoms with E-state index >= 15 is 0 Å². The lowest BCUT2D eigenvalue weighted by molar-refractivity contribution is -0.118. The second kappa shape index (κ2) is 12.5. The van der Waals surface area contributed by atoms with Crippen LogP contribution in [0.5, 0.6) is 5.75 Å². The van der Waals surface area contributed by atoms with Crippen molar-refractivity contribution in [2.45, 2.75) is 18.9 Å². The van der Waals surface area contributed by atoms with Crippen LogP contribution < -0.4 is 20.7 Å². The first-order valence-corrected chi connectivity index (χ1v) is 12.2. The number of aromatic carboxylic acids is 1. The molecule has 0 radical (unpaired) electrons. The van der Waals surface area contributed by atoms with E-state index in [1.165, 1.54) is 12.3 Å². The number of carboxylic acid groups (broad SMARTS) is 1. The Morgan fingerprint density at radius 3 is 2.77 bits per heavy atom. The van der Waals surface area contributed by atoms with E-state index in [4.69, 9.17) is 9.84 Å². The Kier molecular flexibility index (Phi) is 8.92. The van der Waals surface area contributed by atoms with Crippen molar-refractivity contribution in [3.05, 3.63) is 83.2 Å². The van der Waals surface area contributed by atoms with Crippen molar-refractivity contribution < 1.29 is 28.6 Å². The SMILES string of the molecule is Cl.Fc1cccc(C2CCNC2)c1.O=C1COc2ccc(CNC(=O)c3ncnc4c(C(=O)O)c[nH]c34)cc2N1. The van der Waals surface area contributed by atoms with Gasteiger partial charge in [0, 0.05) is 19.3 Å². The molecule has 0 saturated carbocycles. The van der Waals surface area contributed by atoms with Crippen LogP contribution >= 0.6 is 12.4 Å². The van der Waals surface area contributed by atoms with Gasteiger partial charge in [0.25, 0.3) is 11.8 Å². The molecule has 6 rings (SSSR count). The number of ether oxygens (including phenoxy) is 1. The summed E-state index contributed by atoms with van der Waals surface area (Å²) in [6.45, 7) is 2.20. The number of fused-ring (bicyclic) bond motifs is 2. The zero-order chi connectivity index (χ0) is 27.4. The largest absolute Gasteiger partial charge is 0.482 e. The number of nitrogens with zero attached hydrogens (tertiary/aromatic N) is 2. The lowest BCUT2D eigenvalue weighted by atomic mass is 9.99. The molecular formula is C27H26ClFN6O5. The van der Waals surface area contributed by atoms with Gasteiger partial charge < -0.3 is 30.8 Å². The van der Waals surface area contributed by atoms with Gasteiger partial charge in [-0.05, 0) is 54.3 Å². The number of anilines is 1. The molecule has 2 aliphatic rings. The summed E-state index contributed by atoms with van der Waals surface area (Å²) in [5, 5.41) is 17.8. The highest BCUT2D eigenvalue weighted by atomic mass is 35.5. The topological polar surface area (TPSA) is 158 Å². The Bertz CT molecular complexity index is 1560. The average molecular weight is 569 g/mol. The predicted molar refractivity (Wildman–Crippen MR) is 146 cm³/mol. The van der Waals surface area contributed by atoms with E-state index in [1.54, 1.807) is 30.3 Å². The van der Waals surface area contributed by atoms with E-state index in [9.17, 15) is 18.8 Å². The summed E-state index contributed by atoms with van der Waals surface area (Å²) in [4.78, 5) is 45.7. The van der Waals surface area contributed by atoms with Gasteiger partial charge in [-0.3, -0.25) is 9.59 Å². The van der Waals surface area contributed by atoms with Crippen molar-refractivity contribution in [2.24, 2.45) is 0 Å². The van der Waals surface area contributed by atoms with Gasteiger partial charge in [-0.1, -0.05) is 18.2 Å². The number of carbonyl (C=O) groups is 3. The molecule has 11 nitrogen and oxygen atoms in total. The van der Waals surface area contributed by atoms with Crippen molar-refractivity contribution in [1.29, 1.82) is 0 Å². The number of hydrogen-bond donors (Lipinski definition) is 5. The minimum Gasteiger partial charge on any atom is -0.482 e. The molecule has 4 aromatic rings. The lowest BCUT2D eigenvalue weighted by Gasteiger charge is -2.18. The van der Waals surface area contributed by atoms with Crippen molar-refractivity contribution >= 4 is 46.9 Å². The Morgan fingerprint density at radius 2 is 2.02 bits per heavy atom. The monoisotopic (exact) mass is 568 g/mol. The number of amides is 2. The highest BCUT2D eigenvalue weighted by molar-refractivity contribution is 6.08. The van der Waals surface area contributed by atoms with E-state index in [1.807, 2.05) is 6.07 Å². The van der Waals surface area contributed by atoms with Gasteiger partial charge in [-0.2, -0.15) is 0 Å². The van der Waals surface area contributed by atoms with Crippen LogP contribution in [0, 0.1) is 5.82 Å². The Balaban J connectivity index is 0.000000238. The first-order valence-electron chi connectivity index (χ1n) is 12.2. The quantitative estimate of drug-likeness (QED) is 0.245. The average Bonchev–Trinajstić information content (AvgIpc) is 3.62. The third kappa shape index (κ3) is 6.35. The number of benzene rings is 2. The molecule has 2 aliphatic heterocycles. The molecule has 0 spiro atoms. The van der Waals surface area contributed by atoms with Gasteiger partial charge in [0.15, 0.2) is 12.3 Å². The van der Waals surface area contributed by atoms with E-state index in [2.05, 4.69) is 30.9 Å². The first kappa shape index (κ1) is 28.5. The van der Waals surface area contributed by atoms with Crippen molar-refractivity contribution in [3.63, 3.8) is 0 Å². The van der Waals surface area contributed by atoms with Crippen LogP contribution in [0.4, 0.5) is 10.1 Å². The zero-order valence-corrected chi connectivity index (χ0v) is 21.9. The fourth-order valence-corrected chi connectivity index (χ4v) is 4.48. The smallest absolute Gasteiger partial charge is 0.339 e. The molecule has 2 aromatic carbocycles. The first-order chi connectivity index (χ1) is 18.9. The molecule has 0 bridgehead atoms. The summed E-state index contributed by atoms with van der Waals surface area (Å²) in [5.41, 5.74) is 2.83. The normalized spacial score (nSPS) is 15.5. The van der Waals surface area contributed by atoms with Gasteiger partial charge in [0.05, 0.1) is 11.2 Å². The van der Waals surface area contributed by atoms with Crippen molar-refractivity contribution in [1.82, 2.24) is 25.6 Å². The van der Waals surface area contributed by atoms with E-state index < -0.39 is 11.9 Å². The minimum absolute atomic E-state index is 0. The third-order valence-corrected chi connectivity index (χ3v) is 6.42. The molecule has 5 N–H and O–H groups in total. The van der Waals surface area contributed by atoms with E-state index in [0.29, 0.717) is 17.4 Å². The molecule has 2 amide bonds. The van der Waals surface area contributed by atoms with Crippen molar-refractivity contribution in [3.8, 4) is 5.75 Å². The maximum Gasteiger partial charge on any atom is 0.339 e. The summed E-state index contributed by atoms with van der Waals surface area (Å²) >= 11 is 0. The standard InChI is InChI=1S/C17H13N5O5.C10H12FN.ClH/c23-12-6-27-11-2-1-8(3-10(11)22-12)4-19-16(24)15-14-13(20-7-21-15)9(5-18-14)17(25)26;11-10-3-1-2-8(6-10)9-4-5-12-7-9;/h1-3,5,7,18H,4,6H2,(H,19,24)(H,22,23)(H,25,26);1-3,6,9,12H,4-5,7H2;1H. The maximum absolute atomic E-state index is 12.8. The Labute approximate surface area is 234 Å². The number of carboxylic acids is 1. The number of aromatic nitrogens is 3. The molecule has 40 heavy (non-hydrogen) atoms. The van der Waals surface area contributed by atoms with Crippen molar-refractivity contribution in [2.75, 3.05) is 25.0 Å². The minimum atomic E-state index is -1.15. The van der Waals surface area contributed by atoms with Gasteiger partial charge in [-0.25, -0.2) is 19.2 Å². The number of nitrogens with one attached hydrogen (secondary N) is 4. The van der Waals surface area contributed by atoms with Crippen LogP contribution in [0.25, 0.3) is 11.0 Å². The van der Waals surface area contributed by atoms with Gasteiger partial charge >= 0.3 is 5.97 Å². The molecule has 1 unspecified atom stereocenters. The third-order valence-electron chi connectivity index (χ3n) is 6.42. The molecule has 13 heteroatoms.